The van der Waals surface area contributed by atoms with Gasteiger partial charge in [0.25, 0.3) is 5.91 Å². The summed E-state index contributed by atoms with van der Waals surface area (Å²) in [4.78, 5) is 33.8. The average molecular weight is 524 g/mol. The molecule has 1 amide bonds. The van der Waals surface area contributed by atoms with Gasteiger partial charge in [0.15, 0.2) is 0 Å². The Bertz CT molecular complexity index is 1360. The summed E-state index contributed by atoms with van der Waals surface area (Å²) >= 11 is 1.71. The van der Waals surface area contributed by atoms with Gasteiger partial charge >= 0.3 is 0 Å². The molecule has 1 aromatic carbocycles. The van der Waals surface area contributed by atoms with Gasteiger partial charge in [-0.1, -0.05) is 0 Å². The summed E-state index contributed by atoms with van der Waals surface area (Å²) in [5.41, 5.74) is 3.18. The summed E-state index contributed by atoms with van der Waals surface area (Å²) in [6.07, 6.45) is 5.36. The van der Waals surface area contributed by atoms with Crippen molar-refractivity contribution in [2.45, 2.75) is 18.2 Å². The zero-order valence-electron chi connectivity index (χ0n) is 19.9. The molecule has 0 radical (unpaired) electrons. The second-order valence-corrected chi connectivity index (χ2v) is 10.7. The monoisotopic (exact) mass is 523 g/mol. The van der Waals surface area contributed by atoms with Crippen LogP contribution in [0.3, 0.4) is 0 Å². The van der Waals surface area contributed by atoms with Crippen LogP contribution in [0.2, 0.25) is 0 Å². The van der Waals surface area contributed by atoms with Gasteiger partial charge in [-0.2, -0.15) is 5.26 Å². The molecule has 0 spiro atoms. The molecule has 0 saturated carbocycles. The van der Waals surface area contributed by atoms with Gasteiger partial charge in [-0.15, -0.1) is 0 Å². The number of amides is 1. The summed E-state index contributed by atoms with van der Waals surface area (Å²) < 4.78 is 15.3. The Hall–Kier alpha value is -3.47. The highest BCUT2D eigenvalue weighted by Gasteiger charge is 2.29. The molecular weight excluding hydrogens is 498 g/mol. The zero-order chi connectivity index (χ0) is 25.2. The molecule has 4 heterocycles. The minimum Gasteiger partial charge on any atom is -0.338 e. The first-order chi connectivity index (χ1) is 17.4. The number of imidazole rings is 1. The fourth-order valence-electron chi connectivity index (χ4n) is 4.32. The SMILES string of the molecule is Cc1cc(C#N)nc(N2CCN(Sc3ccc4c(c3)CCN4C(=O)c3nccn3NS(C)=O)CC2)n1. The molecule has 36 heavy (non-hydrogen) atoms. The molecule has 1 N–H and O–H groups in total. The number of nitrogens with zero attached hydrogens (tertiary/aromatic N) is 8. The molecule has 2 aliphatic heterocycles. The minimum atomic E-state index is -1.32. The highest BCUT2D eigenvalue weighted by atomic mass is 32.2. The van der Waals surface area contributed by atoms with Crippen LogP contribution < -0.4 is 14.6 Å². The normalized spacial score (nSPS) is 16.5. The van der Waals surface area contributed by atoms with Gasteiger partial charge in [0.1, 0.15) is 22.7 Å². The van der Waals surface area contributed by atoms with Crippen LogP contribution >= 0.6 is 11.9 Å². The van der Waals surface area contributed by atoms with Crippen molar-refractivity contribution in [3.8, 4) is 6.07 Å². The van der Waals surface area contributed by atoms with E-state index in [2.05, 4.69) is 41.1 Å². The molecule has 5 rings (SSSR count). The standard InChI is InChI=1S/C23H25N9O2S2/c1-16-13-18(15-24)27-23(26-16)29-9-11-30(12-10-29)35-19-3-4-20-17(14-19)5-7-31(20)22(33)21-25-6-8-32(21)28-36(2)34/h3-4,6,8,13-14,28H,5,7,9-12H2,1-2H3. The number of rotatable bonds is 6. The van der Waals surface area contributed by atoms with Crippen molar-refractivity contribution in [1.29, 1.82) is 5.26 Å². The quantitative estimate of drug-likeness (QED) is 0.481. The van der Waals surface area contributed by atoms with E-state index in [1.54, 1.807) is 29.1 Å². The second kappa shape index (κ2) is 10.3. The number of hydrogen-bond acceptors (Lipinski definition) is 9. The Labute approximate surface area is 215 Å². The molecule has 186 valence electrons. The lowest BCUT2D eigenvalue weighted by Gasteiger charge is -2.34. The van der Waals surface area contributed by atoms with Crippen LogP contribution in [0.5, 0.6) is 0 Å². The summed E-state index contributed by atoms with van der Waals surface area (Å²) in [7, 11) is -1.32. The third kappa shape index (κ3) is 5.06. The third-order valence-corrected chi connectivity index (χ3v) is 7.51. The van der Waals surface area contributed by atoms with E-state index in [1.165, 1.54) is 17.1 Å². The number of nitriles is 1. The molecule has 0 aliphatic carbocycles. The number of aryl methyl sites for hydroxylation is 1. The van der Waals surface area contributed by atoms with Crippen LogP contribution in [0.25, 0.3) is 0 Å². The molecular formula is C23H25N9O2S2. The van der Waals surface area contributed by atoms with Crippen LogP contribution in [-0.2, 0) is 17.4 Å². The fourth-order valence-corrected chi connectivity index (χ4v) is 5.71. The van der Waals surface area contributed by atoms with Crippen molar-refractivity contribution < 1.29 is 9.00 Å². The lowest BCUT2D eigenvalue weighted by Crippen LogP contribution is -2.44. The average Bonchev–Trinajstić information content (AvgIpc) is 3.50. The Morgan fingerprint density at radius 3 is 2.72 bits per heavy atom. The molecule has 1 atom stereocenters. The highest BCUT2D eigenvalue weighted by Crippen LogP contribution is 2.34. The molecule has 11 nitrogen and oxygen atoms in total. The Balaban J connectivity index is 1.22. The van der Waals surface area contributed by atoms with Crippen LogP contribution in [0.15, 0.2) is 41.6 Å². The molecule has 2 aromatic heterocycles. The maximum atomic E-state index is 13.1. The maximum absolute atomic E-state index is 13.1. The Kier molecular flexibility index (Phi) is 6.90. The van der Waals surface area contributed by atoms with Gasteiger partial charge in [-0.25, -0.2) is 33.0 Å². The van der Waals surface area contributed by atoms with E-state index < -0.39 is 11.0 Å². The molecule has 13 heteroatoms. The molecule has 2 aliphatic rings. The fraction of sp³-hybridized carbons (Fsp3) is 0.348. The number of piperazine rings is 1. The number of fused-ring (bicyclic) bond motifs is 1. The van der Waals surface area contributed by atoms with Crippen molar-refractivity contribution >= 4 is 40.5 Å². The van der Waals surface area contributed by atoms with Gasteiger partial charge in [0.2, 0.25) is 11.8 Å². The molecule has 1 unspecified atom stereocenters. The van der Waals surface area contributed by atoms with Crippen LogP contribution in [0, 0.1) is 18.3 Å². The van der Waals surface area contributed by atoms with E-state index in [4.69, 9.17) is 0 Å². The minimum absolute atomic E-state index is 0.203. The lowest BCUT2D eigenvalue weighted by molar-refractivity contribution is 0.0977. The van der Waals surface area contributed by atoms with Crippen molar-refractivity contribution in [2.24, 2.45) is 0 Å². The topological polar surface area (TPSA) is 123 Å². The predicted octanol–water partition coefficient (Wildman–Crippen LogP) is 1.72. The Morgan fingerprint density at radius 2 is 1.97 bits per heavy atom. The zero-order valence-corrected chi connectivity index (χ0v) is 21.6. The number of anilines is 2. The number of hydrogen-bond donors (Lipinski definition) is 1. The number of carbonyl (C=O) groups is 1. The van der Waals surface area contributed by atoms with Crippen molar-refractivity contribution in [2.75, 3.05) is 53.6 Å². The van der Waals surface area contributed by atoms with E-state index in [0.717, 1.165) is 54.4 Å². The van der Waals surface area contributed by atoms with E-state index in [1.807, 2.05) is 19.1 Å². The largest absolute Gasteiger partial charge is 0.338 e. The second-order valence-electron chi connectivity index (χ2n) is 8.48. The Morgan fingerprint density at radius 1 is 1.17 bits per heavy atom. The summed E-state index contributed by atoms with van der Waals surface area (Å²) in [5.74, 6) is 0.583. The first kappa shape index (κ1) is 24.2. The maximum Gasteiger partial charge on any atom is 0.296 e. The van der Waals surface area contributed by atoms with E-state index >= 15 is 0 Å². The number of aromatic nitrogens is 4. The van der Waals surface area contributed by atoms with Crippen LogP contribution in [0.4, 0.5) is 11.6 Å². The number of nitrogens with one attached hydrogen (secondary N) is 1. The van der Waals surface area contributed by atoms with Crippen molar-refractivity contribution in [1.82, 2.24) is 23.9 Å². The van der Waals surface area contributed by atoms with Gasteiger partial charge in [0, 0.05) is 67.7 Å². The van der Waals surface area contributed by atoms with Gasteiger partial charge in [-0.05, 0) is 55.1 Å². The van der Waals surface area contributed by atoms with Crippen LogP contribution in [-0.4, -0.2) is 73.0 Å². The highest BCUT2D eigenvalue weighted by molar-refractivity contribution is 7.97. The van der Waals surface area contributed by atoms with Gasteiger partial charge in [-0.3, -0.25) is 4.79 Å². The lowest BCUT2D eigenvalue weighted by atomic mass is 10.2. The first-order valence-electron chi connectivity index (χ1n) is 11.4. The smallest absolute Gasteiger partial charge is 0.296 e. The predicted molar refractivity (Wildman–Crippen MR) is 139 cm³/mol. The molecule has 3 aromatic rings. The first-order valence-corrected chi connectivity index (χ1v) is 13.8. The van der Waals surface area contributed by atoms with Gasteiger partial charge < -0.3 is 9.80 Å². The third-order valence-electron chi connectivity index (χ3n) is 5.96. The number of benzene rings is 1. The summed E-state index contributed by atoms with van der Waals surface area (Å²) in [6.45, 7) is 5.67. The van der Waals surface area contributed by atoms with Gasteiger partial charge in [0.05, 0.1) is 0 Å². The molecule has 1 saturated heterocycles. The molecule has 1 fully saturated rings. The van der Waals surface area contributed by atoms with Crippen molar-refractivity contribution in [3.05, 3.63) is 59.4 Å². The van der Waals surface area contributed by atoms with E-state index in [-0.39, 0.29) is 11.7 Å². The van der Waals surface area contributed by atoms with E-state index in [9.17, 15) is 14.3 Å². The summed E-state index contributed by atoms with van der Waals surface area (Å²) in [5, 5.41) is 9.19. The summed E-state index contributed by atoms with van der Waals surface area (Å²) in [6, 6.07) is 9.96. The van der Waals surface area contributed by atoms with Crippen molar-refractivity contribution in [3.63, 3.8) is 0 Å². The van der Waals surface area contributed by atoms with Crippen LogP contribution in [0.1, 0.15) is 27.6 Å². The van der Waals surface area contributed by atoms with E-state index in [0.29, 0.717) is 18.2 Å². The number of carbonyl (C=O) groups excluding carboxylic acids is 1. The molecule has 0 bridgehead atoms.